The zero-order valence-electron chi connectivity index (χ0n) is 12.4. The first-order chi connectivity index (χ1) is 8.90. The Kier molecular flexibility index (Phi) is 3.54. The van der Waals surface area contributed by atoms with Crippen LogP contribution in [0.15, 0.2) is 18.2 Å². The van der Waals surface area contributed by atoms with Crippen LogP contribution >= 0.6 is 0 Å². The maximum atomic E-state index is 6.40. The van der Waals surface area contributed by atoms with Crippen molar-refractivity contribution in [3.05, 3.63) is 24.0 Å². The summed E-state index contributed by atoms with van der Waals surface area (Å²) in [6.07, 6.45) is 0.847. The van der Waals surface area contributed by atoms with Crippen LogP contribution in [-0.4, -0.2) is 16.7 Å². The van der Waals surface area contributed by atoms with Crippen molar-refractivity contribution in [1.29, 1.82) is 0 Å². The number of hydrogen-bond acceptors (Lipinski definition) is 3. The third-order valence-corrected chi connectivity index (χ3v) is 3.66. The second kappa shape index (κ2) is 4.85. The number of imidazole rings is 1. The monoisotopic (exact) mass is 261 g/mol. The van der Waals surface area contributed by atoms with Gasteiger partial charge in [-0.25, -0.2) is 4.98 Å². The summed E-state index contributed by atoms with van der Waals surface area (Å²) in [5, 5.41) is 0. The van der Waals surface area contributed by atoms with E-state index >= 15 is 0 Å². The zero-order chi connectivity index (χ0) is 14.2. The largest absolute Gasteiger partial charge is 0.497 e. The molecular weight excluding hydrogens is 238 g/mol. The van der Waals surface area contributed by atoms with E-state index in [9.17, 15) is 0 Å². The summed E-state index contributed by atoms with van der Waals surface area (Å²) in [5.41, 5.74) is 8.02. The van der Waals surface area contributed by atoms with Crippen molar-refractivity contribution in [3.8, 4) is 5.75 Å². The van der Waals surface area contributed by atoms with Crippen LogP contribution in [0.5, 0.6) is 5.75 Å². The van der Waals surface area contributed by atoms with Crippen LogP contribution < -0.4 is 10.5 Å². The number of fused-ring (bicyclic) bond motifs is 1. The molecule has 0 spiro atoms. The van der Waals surface area contributed by atoms with Gasteiger partial charge in [0.2, 0.25) is 0 Å². The summed E-state index contributed by atoms with van der Waals surface area (Å²) in [6, 6.07) is 6.30. The minimum atomic E-state index is -0.420. The molecule has 1 unspecified atom stereocenters. The van der Waals surface area contributed by atoms with Gasteiger partial charge in [-0.15, -0.1) is 0 Å². The molecule has 104 valence electrons. The van der Waals surface area contributed by atoms with Gasteiger partial charge in [0.25, 0.3) is 0 Å². The lowest BCUT2D eigenvalue weighted by atomic mass is 9.99. The highest BCUT2D eigenvalue weighted by molar-refractivity contribution is 5.78. The molecule has 1 aromatic carbocycles. The minimum absolute atomic E-state index is 0.322. The van der Waals surface area contributed by atoms with Crippen LogP contribution in [0.1, 0.15) is 46.0 Å². The molecule has 0 saturated heterocycles. The lowest BCUT2D eigenvalue weighted by Crippen LogP contribution is -2.35. The molecule has 2 aromatic rings. The molecule has 2 N–H and O–H groups in total. The summed E-state index contributed by atoms with van der Waals surface area (Å²) in [5.74, 6) is 1.76. The zero-order valence-corrected chi connectivity index (χ0v) is 12.4. The fraction of sp³-hybridized carbons (Fsp3) is 0.533. The predicted octanol–water partition coefficient (Wildman–Crippen LogP) is 3.21. The van der Waals surface area contributed by atoms with Crippen molar-refractivity contribution in [2.45, 2.75) is 45.7 Å². The number of nitrogens with two attached hydrogens (primary N) is 1. The molecule has 0 radical (unpaired) electrons. The Morgan fingerprint density at radius 3 is 2.63 bits per heavy atom. The normalized spacial score (nSPS) is 14.9. The fourth-order valence-electron chi connectivity index (χ4n) is 2.29. The highest BCUT2D eigenvalue weighted by Crippen LogP contribution is 2.30. The van der Waals surface area contributed by atoms with E-state index in [0.717, 1.165) is 29.0 Å². The fourth-order valence-corrected chi connectivity index (χ4v) is 2.29. The highest BCUT2D eigenvalue weighted by Gasteiger charge is 2.27. The van der Waals surface area contributed by atoms with Crippen LogP contribution in [0.25, 0.3) is 11.0 Å². The predicted molar refractivity (Wildman–Crippen MR) is 78.5 cm³/mol. The van der Waals surface area contributed by atoms with E-state index in [2.05, 4.69) is 31.4 Å². The first-order valence-electron chi connectivity index (χ1n) is 6.76. The number of rotatable bonds is 4. The van der Waals surface area contributed by atoms with Crippen LogP contribution in [0.3, 0.4) is 0 Å². The Hall–Kier alpha value is -1.55. The quantitative estimate of drug-likeness (QED) is 0.919. The lowest BCUT2D eigenvalue weighted by Gasteiger charge is -2.25. The number of methoxy groups -OCH3 is 1. The van der Waals surface area contributed by atoms with Gasteiger partial charge >= 0.3 is 0 Å². The van der Waals surface area contributed by atoms with Gasteiger partial charge in [-0.1, -0.05) is 6.92 Å². The molecule has 0 saturated carbocycles. The number of aromatic nitrogens is 2. The Bertz CT molecular complexity index is 584. The van der Waals surface area contributed by atoms with E-state index in [0.29, 0.717) is 6.04 Å². The molecule has 4 nitrogen and oxygen atoms in total. The van der Waals surface area contributed by atoms with Gasteiger partial charge in [0.05, 0.1) is 23.7 Å². The van der Waals surface area contributed by atoms with Crippen LogP contribution in [0, 0.1) is 0 Å². The van der Waals surface area contributed by atoms with Gasteiger partial charge < -0.3 is 15.0 Å². The van der Waals surface area contributed by atoms with Crippen LogP contribution in [-0.2, 0) is 5.54 Å². The third-order valence-electron chi connectivity index (χ3n) is 3.66. The topological polar surface area (TPSA) is 53.1 Å². The smallest absolute Gasteiger partial charge is 0.129 e. The van der Waals surface area contributed by atoms with E-state index < -0.39 is 5.54 Å². The van der Waals surface area contributed by atoms with E-state index in [1.807, 2.05) is 19.1 Å². The number of hydrogen-bond donors (Lipinski definition) is 1. The molecule has 0 aliphatic rings. The summed E-state index contributed by atoms with van der Waals surface area (Å²) < 4.78 is 7.48. The first kappa shape index (κ1) is 13.9. The van der Waals surface area contributed by atoms with Crippen molar-refractivity contribution >= 4 is 11.0 Å². The second-order valence-corrected chi connectivity index (χ2v) is 5.52. The summed E-state index contributed by atoms with van der Waals surface area (Å²) >= 11 is 0. The van der Waals surface area contributed by atoms with E-state index in [-0.39, 0.29) is 0 Å². The molecular formula is C15H23N3O. The molecule has 0 bridgehead atoms. The Balaban J connectivity index is 2.73. The summed E-state index contributed by atoms with van der Waals surface area (Å²) in [7, 11) is 1.67. The molecule has 0 amide bonds. The average Bonchev–Trinajstić information content (AvgIpc) is 2.77. The van der Waals surface area contributed by atoms with Crippen LogP contribution in [0.4, 0.5) is 0 Å². The molecule has 0 aliphatic heterocycles. The van der Waals surface area contributed by atoms with Crippen molar-refractivity contribution in [1.82, 2.24) is 9.55 Å². The van der Waals surface area contributed by atoms with Crippen molar-refractivity contribution in [2.75, 3.05) is 7.11 Å². The molecule has 1 aromatic heterocycles. The third kappa shape index (κ3) is 2.32. The Morgan fingerprint density at radius 1 is 1.42 bits per heavy atom. The van der Waals surface area contributed by atoms with E-state index in [1.54, 1.807) is 7.11 Å². The maximum Gasteiger partial charge on any atom is 0.129 e. The minimum Gasteiger partial charge on any atom is -0.497 e. The van der Waals surface area contributed by atoms with E-state index in [4.69, 9.17) is 15.5 Å². The second-order valence-electron chi connectivity index (χ2n) is 5.52. The summed E-state index contributed by atoms with van der Waals surface area (Å²) in [4.78, 5) is 4.74. The molecule has 0 aliphatic carbocycles. The Labute approximate surface area is 114 Å². The van der Waals surface area contributed by atoms with Gasteiger partial charge in [0.15, 0.2) is 0 Å². The van der Waals surface area contributed by atoms with Crippen molar-refractivity contribution in [3.63, 3.8) is 0 Å². The summed E-state index contributed by atoms with van der Waals surface area (Å²) in [6.45, 7) is 8.43. The average molecular weight is 261 g/mol. The molecule has 1 heterocycles. The van der Waals surface area contributed by atoms with Gasteiger partial charge in [0.1, 0.15) is 11.6 Å². The number of nitrogens with zero attached hydrogens (tertiary/aromatic N) is 2. The molecule has 1 atom stereocenters. The van der Waals surface area contributed by atoms with Crippen LogP contribution in [0.2, 0.25) is 0 Å². The lowest BCUT2D eigenvalue weighted by molar-refractivity contribution is 0.409. The number of benzene rings is 1. The van der Waals surface area contributed by atoms with Crippen molar-refractivity contribution in [2.24, 2.45) is 5.73 Å². The van der Waals surface area contributed by atoms with Gasteiger partial charge in [-0.2, -0.15) is 0 Å². The SMILES string of the molecule is CCC(C)(N)c1nc2cc(OC)ccc2n1C(C)C. The van der Waals surface area contributed by atoms with Gasteiger partial charge in [-0.05, 0) is 39.3 Å². The van der Waals surface area contributed by atoms with Gasteiger partial charge in [0, 0.05) is 12.1 Å². The van der Waals surface area contributed by atoms with E-state index in [1.165, 1.54) is 0 Å². The first-order valence-corrected chi connectivity index (χ1v) is 6.76. The Morgan fingerprint density at radius 2 is 2.11 bits per heavy atom. The molecule has 4 heteroatoms. The van der Waals surface area contributed by atoms with Crippen molar-refractivity contribution < 1.29 is 4.74 Å². The standard InChI is InChI=1S/C15H23N3O/c1-6-15(4,16)14-17-12-9-11(19-5)7-8-13(12)18(14)10(2)3/h7-10H,6,16H2,1-5H3. The van der Waals surface area contributed by atoms with Gasteiger partial charge in [-0.3, -0.25) is 0 Å². The number of ether oxygens (including phenoxy) is 1. The molecule has 19 heavy (non-hydrogen) atoms. The highest BCUT2D eigenvalue weighted by atomic mass is 16.5. The molecule has 2 rings (SSSR count). The molecule has 0 fully saturated rings. The maximum absolute atomic E-state index is 6.40.